The fourth-order valence-electron chi connectivity index (χ4n) is 1.49. The fraction of sp³-hybridized carbons (Fsp3) is 0.462. The van der Waals surface area contributed by atoms with Crippen LogP contribution in [0.25, 0.3) is 0 Å². The fourth-order valence-corrected chi connectivity index (χ4v) is 1.49. The van der Waals surface area contributed by atoms with Crippen LogP contribution in [0.2, 0.25) is 0 Å². The summed E-state index contributed by atoms with van der Waals surface area (Å²) in [6, 6.07) is 0. The standard InChI is InChI=1S/C13H18O/c14-12-13-10-8-6-4-2-1-3-5-7-9-11-13/h2,4-5,7,10,12H,1,3,6,8-9,11H2/b4-2-,7-5-,13-10+. The highest BCUT2D eigenvalue weighted by Gasteiger charge is 1.93. The molecule has 0 radical (unpaired) electrons. The molecule has 1 rings (SSSR count). The molecule has 0 aromatic heterocycles. The van der Waals surface area contributed by atoms with Gasteiger partial charge in [0.25, 0.3) is 0 Å². The van der Waals surface area contributed by atoms with E-state index in [1.165, 1.54) is 0 Å². The van der Waals surface area contributed by atoms with Gasteiger partial charge in [-0.25, -0.2) is 0 Å². The second-order valence-corrected chi connectivity index (χ2v) is 3.53. The molecule has 0 fully saturated rings. The third kappa shape index (κ3) is 4.80. The lowest BCUT2D eigenvalue weighted by molar-refractivity contribution is -0.105. The van der Waals surface area contributed by atoms with Crippen LogP contribution >= 0.6 is 0 Å². The van der Waals surface area contributed by atoms with Gasteiger partial charge in [0, 0.05) is 0 Å². The van der Waals surface area contributed by atoms with Gasteiger partial charge in [0.2, 0.25) is 0 Å². The number of aldehydes is 1. The van der Waals surface area contributed by atoms with E-state index in [0.29, 0.717) is 0 Å². The van der Waals surface area contributed by atoms with Gasteiger partial charge in [-0.05, 0) is 44.1 Å². The van der Waals surface area contributed by atoms with Crippen LogP contribution in [-0.2, 0) is 4.79 Å². The number of hydrogen-bond acceptors (Lipinski definition) is 1. The molecule has 1 nitrogen and oxygen atoms in total. The first-order valence-corrected chi connectivity index (χ1v) is 5.37. The van der Waals surface area contributed by atoms with E-state index >= 15 is 0 Å². The molecule has 0 amide bonds. The number of allylic oxidation sites excluding steroid dienone is 6. The molecule has 0 saturated carbocycles. The van der Waals surface area contributed by atoms with Crippen LogP contribution in [-0.4, -0.2) is 6.29 Å². The molecule has 0 heterocycles. The smallest absolute Gasteiger partial charge is 0.145 e. The topological polar surface area (TPSA) is 17.1 Å². The maximum absolute atomic E-state index is 10.7. The number of hydrogen-bond donors (Lipinski definition) is 0. The van der Waals surface area contributed by atoms with Crippen molar-refractivity contribution in [1.82, 2.24) is 0 Å². The SMILES string of the molecule is O=C/C1=C/CC/C=C\CC/C=C\CC1. The maximum Gasteiger partial charge on any atom is 0.145 e. The van der Waals surface area contributed by atoms with Crippen molar-refractivity contribution < 1.29 is 4.79 Å². The van der Waals surface area contributed by atoms with Crippen LogP contribution in [0.4, 0.5) is 0 Å². The molecule has 0 atom stereocenters. The Bertz CT molecular complexity index is 246. The van der Waals surface area contributed by atoms with E-state index in [0.717, 1.165) is 50.4 Å². The lowest BCUT2D eigenvalue weighted by Crippen LogP contribution is -1.85. The Balaban J connectivity index is 2.51. The number of carbonyl (C=O) groups is 1. The molecule has 0 aromatic carbocycles. The van der Waals surface area contributed by atoms with Crippen molar-refractivity contribution >= 4 is 6.29 Å². The molecule has 1 heteroatoms. The summed E-state index contributed by atoms with van der Waals surface area (Å²) in [6.45, 7) is 0. The maximum atomic E-state index is 10.7. The van der Waals surface area contributed by atoms with Gasteiger partial charge in [-0.1, -0.05) is 30.4 Å². The summed E-state index contributed by atoms with van der Waals surface area (Å²) < 4.78 is 0. The van der Waals surface area contributed by atoms with E-state index in [9.17, 15) is 4.79 Å². The van der Waals surface area contributed by atoms with Crippen molar-refractivity contribution in [3.8, 4) is 0 Å². The molecule has 14 heavy (non-hydrogen) atoms. The largest absolute Gasteiger partial charge is 0.298 e. The minimum Gasteiger partial charge on any atom is -0.298 e. The van der Waals surface area contributed by atoms with Gasteiger partial charge < -0.3 is 0 Å². The van der Waals surface area contributed by atoms with Gasteiger partial charge >= 0.3 is 0 Å². The highest BCUT2D eigenvalue weighted by atomic mass is 16.1. The summed E-state index contributed by atoms with van der Waals surface area (Å²) in [4.78, 5) is 10.7. The van der Waals surface area contributed by atoms with Crippen molar-refractivity contribution in [3.63, 3.8) is 0 Å². The minimum atomic E-state index is 0.893. The van der Waals surface area contributed by atoms with Crippen molar-refractivity contribution in [3.05, 3.63) is 36.0 Å². The van der Waals surface area contributed by atoms with E-state index in [1.54, 1.807) is 0 Å². The van der Waals surface area contributed by atoms with Crippen LogP contribution in [0.1, 0.15) is 38.5 Å². The Kier molecular flexibility index (Phi) is 5.73. The van der Waals surface area contributed by atoms with Gasteiger partial charge in [-0.15, -0.1) is 0 Å². The van der Waals surface area contributed by atoms with Gasteiger partial charge in [-0.2, -0.15) is 0 Å². The molecule has 0 unspecified atom stereocenters. The normalized spacial score (nSPS) is 27.6. The van der Waals surface area contributed by atoms with Crippen LogP contribution in [0.3, 0.4) is 0 Å². The Hall–Kier alpha value is -1.11. The zero-order valence-corrected chi connectivity index (χ0v) is 8.61. The molecule has 76 valence electrons. The van der Waals surface area contributed by atoms with Crippen molar-refractivity contribution in [2.24, 2.45) is 0 Å². The quantitative estimate of drug-likeness (QED) is 0.456. The van der Waals surface area contributed by atoms with Crippen LogP contribution < -0.4 is 0 Å². The summed E-state index contributed by atoms with van der Waals surface area (Å²) in [7, 11) is 0. The van der Waals surface area contributed by atoms with Crippen molar-refractivity contribution in [1.29, 1.82) is 0 Å². The van der Waals surface area contributed by atoms with Gasteiger partial charge in [-0.3, -0.25) is 4.79 Å². The van der Waals surface area contributed by atoms with E-state index < -0.39 is 0 Å². The molecule has 0 aliphatic heterocycles. The summed E-state index contributed by atoms with van der Waals surface area (Å²) in [5.74, 6) is 0. The molecule has 1 aliphatic carbocycles. The van der Waals surface area contributed by atoms with E-state index in [-0.39, 0.29) is 0 Å². The third-order valence-corrected chi connectivity index (χ3v) is 2.32. The highest BCUT2D eigenvalue weighted by Crippen LogP contribution is 2.08. The molecule has 0 N–H and O–H groups in total. The minimum absolute atomic E-state index is 0.893. The van der Waals surface area contributed by atoms with E-state index in [1.807, 2.05) is 0 Å². The number of rotatable bonds is 1. The molecule has 0 bridgehead atoms. The van der Waals surface area contributed by atoms with Crippen molar-refractivity contribution in [2.45, 2.75) is 38.5 Å². The van der Waals surface area contributed by atoms with Gasteiger partial charge in [0.05, 0.1) is 0 Å². The predicted octanol–water partition coefficient (Wildman–Crippen LogP) is 3.58. The second-order valence-electron chi connectivity index (χ2n) is 3.53. The summed E-state index contributed by atoms with van der Waals surface area (Å²) >= 11 is 0. The second kappa shape index (κ2) is 7.31. The first kappa shape index (κ1) is 11.0. The third-order valence-electron chi connectivity index (χ3n) is 2.32. The number of carbonyl (C=O) groups excluding carboxylic acids is 1. The van der Waals surface area contributed by atoms with Crippen LogP contribution in [0, 0.1) is 0 Å². The van der Waals surface area contributed by atoms with E-state index in [4.69, 9.17) is 0 Å². The van der Waals surface area contributed by atoms with Crippen LogP contribution in [0.5, 0.6) is 0 Å². The average Bonchev–Trinajstić information content (AvgIpc) is 2.19. The molecule has 1 aliphatic rings. The molecule has 0 saturated heterocycles. The van der Waals surface area contributed by atoms with Crippen LogP contribution in [0.15, 0.2) is 36.0 Å². The summed E-state index contributed by atoms with van der Waals surface area (Å²) in [5, 5.41) is 0. The Morgan fingerprint density at radius 1 is 0.857 bits per heavy atom. The molecule has 0 spiro atoms. The zero-order valence-electron chi connectivity index (χ0n) is 8.61. The Morgan fingerprint density at radius 2 is 1.43 bits per heavy atom. The molecular weight excluding hydrogens is 172 g/mol. The highest BCUT2D eigenvalue weighted by molar-refractivity contribution is 5.72. The first-order valence-electron chi connectivity index (χ1n) is 5.37. The van der Waals surface area contributed by atoms with E-state index in [2.05, 4.69) is 30.4 Å². The Labute approximate surface area is 86.2 Å². The Morgan fingerprint density at radius 3 is 2.07 bits per heavy atom. The summed E-state index contributed by atoms with van der Waals surface area (Å²) in [6.07, 6.45) is 18.1. The van der Waals surface area contributed by atoms with Gasteiger partial charge in [0.15, 0.2) is 0 Å². The lowest BCUT2D eigenvalue weighted by atomic mass is 10.1. The van der Waals surface area contributed by atoms with Crippen molar-refractivity contribution in [2.75, 3.05) is 0 Å². The predicted molar refractivity (Wildman–Crippen MR) is 60.1 cm³/mol. The van der Waals surface area contributed by atoms with Gasteiger partial charge in [0.1, 0.15) is 6.29 Å². The molecular formula is C13H18O. The first-order chi connectivity index (χ1) is 6.93. The molecule has 0 aromatic rings. The monoisotopic (exact) mass is 190 g/mol. The summed E-state index contributed by atoms with van der Waals surface area (Å²) in [5.41, 5.74) is 0.948. The zero-order chi connectivity index (χ0) is 10.1. The average molecular weight is 190 g/mol. The lowest BCUT2D eigenvalue weighted by Gasteiger charge is -1.98.